The number of aromatic hydroxyl groups is 4. The van der Waals surface area contributed by atoms with Gasteiger partial charge >= 0.3 is 0 Å². The Bertz CT molecular complexity index is 2990. The van der Waals surface area contributed by atoms with Crippen LogP contribution >= 0.6 is 0 Å². The minimum absolute atomic E-state index is 0.0347. The lowest BCUT2D eigenvalue weighted by molar-refractivity contribution is 0.129. The van der Waals surface area contributed by atoms with Crippen LogP contribution in [0.2, 0.25) is 0 Å². The first-order chi connectivity index (χ1) is 34.1. The van der Waals surface area contributed by atoms with Crippen molar-refractivity contribution in [2.45, 2.75) is 70.4 Å². The molecule has 2 aliphatic heterocycles. The maximum absolute atomic E-state index is 9.82. The van der Waals surface area contributed by atoms with E-state index in [4.69, 9.17) is 29.4 Å². The first kappa shape index (κ1) is 47.0. The van der Waals surface area contributed by atoms with Gasteiger partial charge in [-0.1, -0.05) is 133 Å². The zero-order valence-corrected chi connectivity index (χ0v) is 38.8. The highest BCUT2D eigenvalue weighted by Crippen LogP contribution is 2.44. The maximum Gasteiger partial charge on any atom is 0.162 e. The topological polar surface area (TPSA) is 165 Å². The normalized spacial score (nSPS) is 16.8. The largest absolute Gasteiger partial charge is 0.508 e. The molecule has 0 spiro atoms. The summed E-state index contributed by atoms with van der Waals surface area (Å²) in [6.07, 6.45) is 0.282. The first-order valence-electron chi connectivity index (χ1n) is 23.3. The Morgan fingerprint density at radius 3 is 1.63 bits per heavy atom. The number of nitrogens with two attached hydrogens (primary N) is 1. The lowest BCUT2D eigenvalue weighted by atomic mass is 9.91. The van der Waals surface area contributed by atoms with Gasteiger partial charge in [-0.25, -0.2) is 0 Å². The molecule has 7 N–H and O–H groups in total. The van der Waals surface area contributed by atoms with E-state index >= 15 is 0 Å². The Kier molecular flexibility index (Phi) is 14.7. The van der Waals surface area contributed by atoms with Crippen molar-refractivity contribution in [2.24, 2.45) is 5.73 Å². The molecule has 8 aromatic carbocycles. The molecule has 11 heteroatoms. The third kappa shape index (κ3) is 11.6. The van der Waals surface area contributed by atoms with Crippen LogP contribution < -0.4 is 34.7 Å². The minimum atomic E-state index is -0.551. The number of nitrogens with one attached hydrogen (secondary N) is 1. The van der Waals surface area contributed by atoms with Crippen LogP contribution in [0.4, 0.5) is 0 Å². The zero-order valence-electron chi connectivity index (χ0n) is 38.8. The van der Waals surface area contributed by atoms with Crippen LogP contribution in [0.25, 0.3) is 0 Å². The molecule has 0 saturated heterocycles. The summed E-state index contributed by atoms with van der Waals surface area (Å²) in [6, 6.07) is 58.1. The van der Waals surface area contributed by atoms with Crippen LogP contribution in [0, 0.1) is 6.92 Å². The van der Waals surface area contributed by atoms with Crippen molar-refractivity contribution >= 4 is 0 Å². The van der Waals surface area contributed by atoms with Gasteiger partial charge in [0.05, 0.1) is 12.1 Å². The van der Waals surface area contributed by atoms with Crippen LogP contribution in [-0.2, 0) is 39.2 Å². The fourth-order valence-electron chi connectivity index (χ4n) is 8.72. The van der Waals surface area contributed by atoms with Crippen molar-refractivity contribution in [3.8, 4) is 51.7 Å². The van der Waals surface area contributed by atoms with E-state index in [1.165, 1.54) is 29.8 Å². The Hall–Kier alpha value is -8.12. The summed E-state index contributed by atoms with van der Waals surface area (Å²) in [5.41, 5.74) is 14.9. The fraction of sp³-hybridized carbons (Fsp3) is 0.186. The number of phenolic OH excluding ortho intramolecular Hbond substituents is 4. The average molecular weight is 937 g/mol. The second kappa shape index (κ2) is 21.9. The van der Waals surface area contributed by atoms with Crippen molar-refractivity contribution in [3.63, 3.8) is 0 Å². The SMILES string of the molecule is Cc1cc(OCc2ccccc2)c2c(c1)O[C@H](c1ccc(OCc3ccccc3)c(OCc3ccccc3)c1)[C@H](NCc1ccccc1)C2.N[C@@H]1Cc2c(O)cc(O)cc2O[C@@H]1c1ccc(O)c(O)c1. The number of hydrogen-bond acceptors (Lipinski definition) is 11. The van der Waals surface area contributed by atoms with Crippen LogP contribution in [-0.4, -0.2) is 32.5 Å². The van der Waals surface area contributed by atoms with Crippen molar-refractivity contribution in [1.82, 2.24) is 5.32 Å². The van der Waals surface area contributed by atoms with Crippen LogP contribution in [0.3, 0.4) is 0 Å². The molecule has 10 rings (SSSR count). The molecule has 0 amide bonds. The quantitative estimate of drug-likeness (QED) is 0.0575. The average Bonchev–Trinajstić information content (AvgIpc) is 3.38. The van der Waals surface area contributed by atoms with E-state index in [0.717, 1.165) is 51.3 Å². The molecule has 0 saturated carbocycles. The zero-order chi connectivity index (χ0) is 48.4. The van der Waals surface area contributed by atoms with Crippen molar-refractivity contribution in [2.75, 3.05) is 0 Å². The molecule has 0 unspecified atom stereocenters. The maximum atomic E-state index is 9.82. The van der Waals surface area contributed by atoms with Gasteiger partial charge in [-0.2, -0.15) is 0 Å². The molecule has 0 aromatic heterocycles. The lowest BCUT2D eigenvalue weighted by Crippen LogP contribution is -2.41. The van der Waals surface area contributed by atoms with Gasteiger partial charge in [-0.15, -0.1) is 0 Å². The number of fused-ring (bicyclic) bond motifs is 2. The highest BCUT2D eigenvalue weighted by atomic mass is 16.5. The van der Waals surface area contributed by atoms with E-state index in [1.807, 2.05) is 66.7 Å². The molecule has 2 heterocycles. The van der Waals surface area contributed by atoms with Crippen molar-refractivity contribution in [1.29, 1.82) is 0 Å². The van der Waals surface area contributed by atoms with E-state index < -0.39 is 12.1 Å². The molecule has 2 aliphatic rings. The Morgan fingerprint density at radius 2 is 1.01 bits per heavy atom. The minimum Gasteiger partial charge on any atom is -0.508 e. The summed E-state index contributed by atoms with van der Waals surface area (Å²) >= 11 is 0. The number of ether oxygens (including phenoxy) is 5. The van der Waals surface area contributed by atoms with Gasteiger partial charge in [0.2, 0.25) is 0 Å². The highest BCUT2D eigenvalue weighted by molar-refractivity contribution is 5.53. The van der Waals surface area contributed by atoms with Gasteiger partial charge in [0.15, 0.2) is 23.0 Å². The summed E-state index contributed by atoms with van der Waals surface area (Å²) in [6.45, 7) is 4.16. The summed E-state index contributed by atoms with van der Waals surface area (Å²) in [5, 5.41) is 42.1. The van der Waals surface area contributed by atoms with E-state index in [9.17, 15) is 20.4 Å². The Morgan fingerprint density at radius 1 is 0.486 bits per heavy atom. The molecule has 356 valence electrons. The fourth-order valence-corrected chi connectivity index (χ4v) is 8.72. The predicted molar refractivity (Wildman–Crippen MR) is 269 cm³/mol. The third-order valence-corrected chi connectivity index (χ3v) is 12.4. The summed E-state index contributed by atoms with van der Waals surface area (Å²) in [7, 11) is 0. The molecule has 70 heavy (non-hydrogen) atoms. The molecule has 8 aromatic rings. The number of benzene rings is 8. The van der Waals surface area contributed by atoms with Crippen LogP contribution in [0.5, 0.6) is 51.7 Å². The molecular weight excluding hydrogens is 881 g/mol. The Labute approximate surface area is 407 Å². The summed E-state index contributed by atoms with van der Waals surface area (Å²) < 4.78 is 31.9. The molecule has 0 fully saturated rings. The van der Waals surface area contributed by atoms with E-state index in [2.05, 4.69) is 97.2 Å². The molecule has 4 atom stereocenters. The highest BCUT2D eigenvalue weighted by Gasteiger charge is 2.35. The smallest absolute Gasteiger partial charge is 0.162 e. The van der Waals surface area contributed by atoms with Gasteiger partial charge in [0.1, 0.15) is 60.8 Å². The summed E-state index contributed by atoms with van der Waals surface area (Å²) in [5.74, 6) is 2.80. The monoisotopic (exact) mass is 936 g/mol. The van der Waals surface area contributed by atoms with Crippen molar-refractivity contribution < 1.29 is 44.1 Å². The number of hydrogen-bond donors (Lipinski definition) is 6. The van der Waals surface area contributed by atoms with Crippen LogP contribution in [0.1, 0.15) is 62.3 Å². The predicted octanol–water partition coefficient (Wildman–Crippen LogP) is 11.1. The molecule has 0 aliphatic carbocycles. The van der Waals surface area contributed by atoms with Gasteiger partial charge in [0.25, 0.3) is 0 Å². The Balaban J connectivity index is 0.000000241. The first-order valence-corrected chi connectivity index (χ1v) is 23.3. The second-order valence-corrected chi connectivity index (χ2v) is 17.6. The summed E-state index contributed by atoms with van der Waals surface area (Å²) in [4.78, 5) is 0. The van der Waals surface area contributed by atoms with Gasteiger partial charge < -0.3 is 55.2 Å². The van der Waals surface area contributed by atoms with Gasteiger partial charge in [-0.05, 0) is 95.1 Å². The van der Waals surface area contributed by atoms with Gasteiger partial charge in [0, 0.05) is 29.8 Å². The lowest BCUT2D eigenvalue weighted by Gasteiger charge is -2.36. The molecule has 0 bridgehead atoms. The molecule has 11 nitrogen and oxygen atoms in total. The second-order valence-electron chi connectivity index (χ2n) is 17.6. The van der Waals surface area contributed by atoms with E-state index in [1.54, 1.807) is 6.07 Å². The van der Waals surface area contributed by atoms with Crippen molar-refractivity contribution in [3.05, 3.63) is 232 Å². The number of phenols is 4. The number of rotatable bonds is 14. The van der Waals surface area contributed by atoms with E-state index in [0.29, 0.717) is 61.2 Å². The van der Waals surface area contributed by atoms with Crippen LogP contribution in [0.15, 0.2) is 182 Å². The standard InChI is InChI=1S/C44H41NO4.C15H15NO5/c1-32-24-41(47-30-35-18-10-4-11-19-35)38-27-39(45-28-33-14-6-2-7-15-33)44(49-42(38)25-32)37-22-23-40(46-29-34-16-8-3-9-17-34)43(26-37)48-31-36-20-12-5-13-21-36;16-10-6-9-12(19)4-8(17)5-14(9)21-15(10)7-1-2-11(18)13(20)3-7/h2-26,39,44-45H,27-31H2,1H3;1-5,10,15,17-20H,6,16H2/t39-,44-;10-,15-/m11/s1. The molecule has 0 radical (unpaired) electrons. The van der Waals surface area contributed by atoms with E-state index in [-0.39, 0.29) is 35.1 Å². The number of aryl methyl sites for hydroxylation is 1. The van der Waals surface area contributed by atoms with Gasteiger partial charge in [-0.3, -0.25) is 0 Å². The molecular formula is C59H56N2O9. The third-order valence-electron chi connectivity index (χ3n) is 12.4.